The van der Waals surface area contributed by atoms with Crippen molar-refractivity contribution in [3.05, 3.63) is 52.9 Å². The van der Waals surface area contributed by atoms with Crippen molar-refractivity contribution in [2.75, 3.05) is 32.8 Å². The number of aromatic nitrogens is 1. The lowest BCUT2D eigenvalue weighted by Gasteiger charge is -2.26. The van der Waals surface area contributed by atoms with E-state index in [-0.39, 0.29) is 12.4 Å². The Bertz CT molecular complexity index is 885. The molecule has 0 aliphatic carbocycles. The quantitative estimate of drug-likeness (QED) is 0.501. The summed E-state index contributed by atoms with van der Waals surface area (Å²) < 4.78 is 7.73. The van der Waals surface area contributed by atoms with Crippen LogP contribution in [0.4, 0.5) is 5.69 Å². The number of nitrogens with two attached hydrogens (primary N) is 1. The zero-order chi connectivity index (χ0) is 17.8. The molecule has 2 N–H and O–H groups in total. The smallest absolute Gasteiger partial charge is 0.141 e. The van der Waals surface area contributed by atoms with Crippen molar-refractivity contribution in [1.29, 1.82) is 0 Å². The van der Waals surface area contributed by atoms with E-state index < -0.39 is 0 Å². The van der Waals surface area contributed by atoms with E-state index in [0.29, 0.717) is 5.84 Å². The zero-order valence-electron chi connectivity index (χ0n) is 15.2. The van der Waals surface area contributed by atoms with Crippen molar-refractivity contribution < 1.29 is 4.74 Å². The van der Waals surface area contributed by atoms with Crippen molar-refractivity contribution in [3.8, 4) is 0 Å². The van der Waals surface area contributed by atoms with Crippen molar-refractivity contribution in [2.45, 2.75) is 13.0 Å². The van der Waals surface area contributed by atoms with Crippen LogP contribution in [-0.2, 0) is 11.3 Å². The highest BCUT2D eigenvalue weighted by molar-refractivity contribution is 7.12. The first-order chi connectivity index (χ1) is 12.8. The average molecular weight is 405 g/mol. The molecule has 2 aromatic heterocycles. The molecule has 0 amide bonds. The summed E-state index contributed by atoms with van der Waals surface area (Å²) in [4.78, 5) is 8.08. The van der Waals surface area contributed by atoms with Crippen molar-refractivity contribution >= 4 is 46.2 Å². The molecule has 7 heteroatoms. The molecule has 1 fully saturated rings. The number of benzene rings is 1. The van der Waals surface area contributed by atoms with E-state index in [1.54, 1.807) is 11.3 Å². The van der Waals surface area contributed by atoms with Gasteiger partial charge >= 0.3 is 0 Å². The predicted octanol–water partition coefficient (Wildman–Crippen LogP) is 3.88. The number of fused-ring (bicyclic) bond motifs is 1. The molecular formula is C20H25ClN4OS. The number of amidine groups is 1. The van der Waals surface area contributed by atoms with Gasteiger partial charge in [0.25, 0.3) is 0 Å². The first-order valence-corrected chi connectivity index (χ1v) is 9.94. The fraction of sp³-hybridized carbons (Fsp3) is 0.350. The molecule has 3 heterocycles. The van der Waals surface area contributed by atoms with Crippen LogP contribution < -0.4 is 5.73 Å². The van der Waals surface area contributed by atoms with Gasteiger partial charge in [-0.25, -0.2) is 4.99 Å². The SMILES string of the molecule is Cl.NC(=Nc1ccc2ccn(CCCN3CCOCC3)c2c1)c1cccs1. The maximum Gasteiger partial charge on any atom is 0.141 e. The first kappa shape index (κ1) is 19.9. The van der Waals surface area contributed by atoms with Crippen molar-refractivity contribution in [3.63, 3.8) is 0 Å². The van der Waals surface area contributed by atoms with Crippen molar-refractivity contribution in [2.24, 2.45) is 10.7 Å². The average Bonchev–Trinajstić information content (AvgIpc) is 3.33. The molecule has 0 atom stereocenters. The molecule has 0 spiro atoms. The third kappa shape index (κ3) is 4.90. The minimum atomic E-state index is 0. The van der Waals surface area contributed by atoms with Crippen LogP contribution in [0.15, 0.2) is 53.0 Å². The number of aryl methyl sites for hydroxylation is 1. The molecule has 1 aliphatic heterocycles. The van der Waals surface area contributed by atoms with Crippen LogP contribution in [0, 0.1) is 0 Å². The number of hydrogen-bond donors (Lipinski definition) is 1. The van der Waals surface area contributed by atoms with Gasteiger partial charge in [-0.15, -0.1) is 23.7 Å². The number of thiophene rings is 1. The molecule has 27 heavy (non-hydrogen) atoms. The predicted molar refractivity (Wildman–Crippen MR) is 116 cm³/mol. The van der Waals surface area contributed by atoms with Gasteiger partial charge in [0.15, 0.2) is 0 Å². The Morgan fingerprint density at radius 1 is 1.15 bits per heavy atom. The summed E-state index contributed by atoms with van der Waals surface area (Å²) in [5.41, 5.74) is 8.24. The summed E-state index contributed by atoms with van der Waals surface area (Å²) in [6.45, 7) is 5.94. The monoisotopic (exact) mass is 404 g/mol. The van der Waals surface area contributed by atoms with E-state index >= 15 is 0 Å². The zero-order valence-corrected chi connectivity index (χ0v) is 16.8. The summed E-state index contributed by atoms with van der Waals surface area (Å²) in [5, 5.41) is 3.26. The third-order valence-corrected chi connectivity index (χ3v) is 5.65. The van der Waals surface area contributed by atoms with Gasteiger partial charge in [0, 0.05) is 32.4 Å². The summed E-state index contributed by atoms with van der Waals surface area (Å²) in [6, 6.07) is 12.4. The molecule has 1 aromatic carbocycles. The summed E-state index contributed by atoms with van der Waals surface area (Å²) in [6.07, 6.45) is 3.30. The van der Waals surface area contributed by atoms with Crippen LogP contribution in [0.25, 0.3) is 10.9 Å². The van der Waals surface area contributed by atoms with Gasteiger partial charge in [-0.3, -0.25) is 4.90 Å². The van der Waals surface area contributed by atoms with Gasteiger partial charge in [0.1, 0.15) is 5.84 Å². The second-order valence-corrected chi connectivity index (χ2v) is 7.48. The number of ether oxygens (including phenoxy) is 1. The Kier molecular flexibility index (Phi) is 6.90. The summed E-state index contributed by atoms with van der Waals surface area (Å²) >= 11 is 1.61. The number of morpholine rings is 1. The molecule has 1 aliphatic rings. The van der Waals surface area contributed by atoms with Gasteiger partial charge in [-0.1, -0.05) is 12.1 Å². The van der Waals surface area contributed by atoms with Crippen LogP contribution in [0.3, 0.4) is 0 Å². The van der Waals surface area contributed by atoms with Gasteiger partial charge in [0.05, 0.1) is 29.3 Å². The minimum Gasteiger partial charge on any atom is -0.383 e. The van der Waals surface area contributed by atoms with Gasteiger partial charge in [-0.2, -0.15) is 0 Å². The van der Waals surface area contributed by atoms with Crippen molar-refractivity contribution in [1.82, 2.24) is 9.47 Å². The van der Waals surface area contributed by atoms with Gasteiger partial charge < -0.3 is 15.0 Å². The summed E-state index contributed by atoms with van der Waals surface area (Å²) in [5.74, 6) is 0.574. The maximum absolute atomic E-state index is 6.13. The van der Waals surface area contributed by atoms with E-state index in [4.69, 9.17) is 10.5 Å². The number of hydrogen-bond acceptors (Lipinski definition) is 4. The number of halogens is 1. The fourth-order valence-corrected chi connectivity index (χ4v) is 3.97. The molecule has 4 rings (SSSR count). The van der Waals surface area contributed by atoms with E-state index in [0.717, 1.165) is 56.4 Å². The Labute approximate surface area is 169 Å². The topological polar surface area (TPSA) is 55.8 Å². The molecule has 0 bridgehead atoms. The molecule has 0 radical (unpaired) electrons. The van der Waals surface area contributed by atoms with Crippen LogP contribution >= 0.6 is 23.7 Å². The molecular weight excluding hydrogens is 380 g/mol. The lowest BCUT2D eigenvalue weighted by atomic mass is 10.2. The maximum atomic E-state index is 6.13. The van der Waals surface area contributed by atoms with E-state index in [9.17, 15) is 0 Å². The second kappa shape index (κ2) is 9.37. The molecule has 0 saturated carbocycles. The lowest BCUT2D eigenvalue weighted by molar-refractivity contribution is 0.0370. The van der Waals surface area contributed by atoms with Gasteiger partial charge in [0.2, 0.25) is 0 Å². The first-order valence-electron chi connectivity index (χ1n) is 9.07. The lowest BCUT2D eigenvalue weighted by Crippen LogP contribution is -2.37. The highest BCUT2D eigenvalue weighted by atomic mass is 35.5. The Balaban J connectivity index is 0.00000210. The fourth-order valence-electron chi connectivity index (χ4n) is 3.34. The van der Waals surface area contributed by atoms with Crippen LogP contribution in [0.2, 0.25) is 0 Å². The second-order valence-electron chi connectivity index (χ2n) is 6.53. The van der Waals surface area contributed by atoms with Crippen LogP contribution in [0.1, 0.15) is 11.3 Å². The largest absolute Gasteiger partial charge is 0.383 e. The number of nitrogens with zero attached hydrogens (tertiary/aromatic N) is 3. The Morgan fingerprint density at radius 2 is 2.00 bits per heavy atom. The molecule has 5 nitrogen and oxygen atoms in total. The highest BCUT2D eigenvalue weighted by Crippen LogP contribution is 2.23. The Hall–Kier alpha value is -1.86. The van der Waals surface area contributed by atoms with Crippen LogP contribution in [0.5, 0.6) is 0 Å². The molecule has 3 aromatic rings. The Morgan fingerprint density at radius 3 is 2.78 bits per heavy atom. The summed E-state index contributed by atoms with van der Waals surface area (Å²) in [7, 11) is 0. The number of rotatable bonds is 6. The van der Waals surface area contributed by atoms with E-state index in [2.05, 4.69) is 38.9 Å². The molecule has 0 unspecified atom stereocenters. The van der Waals surface area contributed by atoms with Gasteiger partial charge in [-0.05, 0) is 41.5 Å². The standard InChI is InChI=1S/C20H24N4OS.ClH/c21-20(19-3-1-14-26-19)22-17-5-4-16-6-9-24(18(16)15-17)8-2-7-23-10-12-25-13-11-23;/h1,3-6,9,14-15H,2,7-8,10-13H2,(H2,21,22);1H. The van der Waals surface area contributed by atoms with Crippen LogP contribution in [-0.4, -0.2) is 48.2 Å². The third-order valence-electron chi connectivity index (χ3n) is 4.76. The van der Waals surface area contributed by atoms with E-state index in [1.807, 2.05) is 23.6 Å². The highest BCUT2D eigenvalue weighted by Gasteiger charge is 2.10. The molecule has 144 valence electrons. The number of aliphatic imine (C=N–C) groups is 1. The normalized spacial score (nSPS) is 15.8. The van der Waals surface area contributed by atoms with E-state index in [1.165, 1.54) is 10.9 Å². The minimum absolute atomic E-state index is 0. The molecule has 1 saturated heterocycles.